The Morgan fingerprint density at radius 2 is 2.29 bits per heavy atom. The van der Waals surface area contributed by atoms with Crippen molar-refractivity contribution < 1.29 is 4.92 Å². The molecular weight excluding hydrogens is 246 g/mol. The molecule has 0 radical (unpaired) electrons. The van der Waals surface area contributed by atoms with Gasteiger partial charge in [-0.3, -0.25) is 14.8 Å². The van der Waals surface area contributed by atoms with E-state index >= 15 is 0 Å². The third-order valence-electron chi connectivity index (χ3n) is 2.17. The first kappa shape index (κ1) is 11.5. The molecule has 8 heteroatoms. The fourth-order valence-corrected chi connectivity index (χ4v) is 1.49. The lowest BCUT2D eigenvalue weighted by molar-refractivity contribution is -0.384. The van der Waals surface area contributed by atoms with Gasteiger partial charge in [0.15, 0.2) is 5.69 Å². The number of halogens is 1. The van der Waals surface area contributed by atoms with Gasteiger partial charge in [0.1, 0.15) is 6.20 Å². The van der Waals surface area contributed by atoms with Gasteiger partial charge in [0.2, 0.25) is 5.28 Å². The molecule has 2 aromatic rings. The predicted octanol–water partition coefficient (Wildman–Crippen LogP) is 1.92. The molecule has 0 spiro atoms. The highest BCUT2D eigenvalue weighted by Gasteiger charge is 2.19. The van der Waals surface area contributed by atoms with Crippen molar-refractivity contribution in [3.05, 3.63) is 34.0 Å². The molecule has 0 aliphatic heterocycles. The maximum atomic E-state index is 10.8. The molecule has 0 bridgehead atoms. The van der Waals surface area contributed by atoms with Crippen molar-refractivity contribution in [1.82, 2.24) is 19.7 Å². The van der Waals surface area contributed by atoms with Gasteiger partial charge < -0.3 is 0 Å². The van der Waals surface area contributed by atoms with Crippen LogP contribution in [-0.2, 0) is 6.54 Å². The minimum absolute atomic E-state index is 0.0325. The second kappa shape index (κ2) is 4.46. The molecule has 0 aliphatic rings. The first-order chi connectivity index (χ1) is 8.11. The van der Waals surface area contributed by atoms with Crippen molar-refractivity contribution in [2.24, 2.45) is 0 Å². The number of aromatic nitrogens is 4. The van der Waals surface area contributed by atoms with Crippen LogP contribution >= 0.6 is 11.6 Å². The molecule has 0 aliphatic carbocycles. The Balaban J connectivity index is 2.56. The van der Waals surface area contributed by atoms with Crippen molar-refractivity contribution >= 4 is 17.3 Å². The van der Waals surface area contributed by atoms with E-state index in [4.69, 9.17) is 11.6 Å². The van der Waals surface area contributed by atoms with Crippen LogP contribution in [-0.4, -0.2) is 24.7 Å². The predicted molar refractivity (Wildman–Crippen MR) is 60.6 cm³/mol. The molecule has 0 unspecified atom stereocenters. The summed E-state index contributed by atoms with van der Waals surface area (Å²) in [6.07, 6.45) is 4.27. The van der Waals surface area contributed by atoms with E-state index in [0.717, 1.165) is 6.20 Å². The van der Waals surface area contributed by atoms with Gasteiger partial charge in [-0.15, -0.1) is 0 Å². The van der Waals surface area contributed by atoms with Crippen LogP contribution < -0.4 is 0 Å². The maximum absolute atomic E-state index is 10.8. The summed E-state index contributed by atoms with van der Waals surface area (Å²) in [6.45, 7) is 2.59. The highest BCUT2D eigenvalue weighted by Crippen LogP contribution is 2.27. The minimum atomic E-state index is -0.547. The second-order valence-corrected chi connectivity index (χ2v) is 3.55. The second-order valence-electron chi connectivity index (χ2n) is 3.21. The average molecular weight is 254 g/mol. The Hall–Kier alpha value is -2.02. The van der Waals surface area contributed by atoms with Crippen molar-refractivity contribution in [2.75, 3.05) is 0 Å². The molecule has 0 atom stereocenters. The molecule has 2 rings (SSSR count). The van der Waals surface area contributed by atoms with Crippen LogP contribution in [0.3, 0.4) is 0 Å². The van der Waals surface area contributed by atoms with Gasteiger partial charge in [-0.25, -0.2) is 9.97 Å². The molecule has 0 amide bonds. The van der Waals surface area contributed by atoms with Crippen LogP contribution in [0.25, 0.3) is 11.3 Å². The minimum Gasteiger partial charge on any atom is -0.272 e. The van der Waals surface area contributed by atoms with E-state index in [0.29, 0.717) is 12.1 Å². The molecule has 0 saturated carbocycles. The van der Waals surface area contributed by atoms with E-state index < -0.39 is 4.92 Å². The van der Waals surface area contributed by atoms with Gasteiger partial charge >= 0.3 is 5.69 Å². The lowest BCUT2D eigenvalue weighted by atomic mass is 10.2. The Labute approximate surface area is 101 Å². The van der Waals surface area contributed by atoms with Gasteiger partial charge in [0, 0.05) is 18.3 Å². The van der Waals surface area contributed by atoms with E-state index in [1.165, 1.54) is 6.20 Å². The summed E-state index contributed by atoms with van der Waals surface area (Å²) in [6, 6.07) is 0. The fourth-order valence-electron chi connectivity index (χ4n) is 1.36. The lowest BCUT2D eigenvalue weighted by Gasteiger charge is -1.98. The highest BCUT2D eigenvalue weighted by molar-refractivity contribution is 6.28. The molecule has 2 aromatic heterocycles. The molecule has 0 saturated heterocycles. The van der Waals surface area contributed by atoms with Crippen molar-refractivity contribution in [1.29, 1.82) is 0 Å². The van der Waals surface area contributed by atoms with Crippen molar-refractivity contribution in [3.63, 3.8) is 0 Å². The quantitative estimate of drug-likeness (QED) is 0.474. The van der Waals surface area contributed by atoms with Crippen LogP contribution in [0, 0.1) is 10.1 Å². The summed E-state index contributed by atoms with van der Waals surface area (Å²) in [7, 11) is 0. The zero-order valence-electron chi connectivity index (χ0n) is 8.87. The van der Waals surface area contributed by atoms with Crippen LogP contribution in [0.4, 0.5) is 5.69 Å². The Morgan fingerprint density at radius 1 is 1.53 bits per heavy atom. The molecule has 0 fully saturated rings. The van der Waals surface area contributed by atoms with Gasteiger partial charge in [-0.1, -0.05) is 0 Å². The number of aryl methyl sites for hydroxylation is 1. The van der Waals surface area contributed by atoms with Gasteiger partial charge in [-0.05, 0) is 18.5 Å². The van der Waals surface area contributed by atoms with Crippen LogP contribution in [0.2, 0.25) is 5.28 Å². The monoisotopic (exact) mass is 253 g/mol. The molecule has 0 aromatic carbocycles. The van der Waals surface area contributed by atoms with Crippen molar-refractivity contribution in [3.8, 4) is 11.3 Å². The number of rotatable bonds is 3. The van der Waals surface area contributed by atoms with E-state index in [2.05, 4.69) is 15.1 Å². The van der Waals surface area contributed by atoms with Crippen LogP contribution in [0.15, 0.2) is 18.6 Å². The Kier molecular flexibility index (Phi) is 3.01. The molecule has 17 heavy (non-hydrogen) atoms. The van der Waals surface area contributed by atoms with E-state index in [-0.39, 0.29) is 16.7 Å². The fraction of sp³-hybridized carbons (Fsp3) is 0.222. The third kappa shape index (κ3) is 2.23. The first-order valence-corrected chi connectivity index (χ1v) is 5.19. The SMILES string of the molecule is CCn1cc(-c2nc(Cl)ncc2[N+](=O)[O-])cn1. The highest BCUT2D eigenvalue weighted by atomic mass is 35.5. The van der Waals surface area contributed by atoms with Gasteiger partial charge in [0.25, 0.3) is 0 Å². The van der Waals surface area contributed by atoms with E-state index in [1.54, 1.807) is 10.9 Å². The van der Waals surface area contributed by atoms with E-state index in [1.807, 2.05) is 6.92 Å². The summed E-state index contributed by atoms with van der Waals surface area (Å²) in [4.78, 5) is 17.8. The summed E-state index contributed by atoms with van der Waals surface area (Å²) in [5.41, 5.74) is 0.530. The largest absolute Gasteiger partial charge is 0.313 e. The summed E-state index contributed by atoms with van der Waals surface area (Å²) >= 11 is 5.64. The standard InChI is InChI=1S/C9H8ClN5O2/c1-2-14-5-6(3-12-14)8-7(15(16)17)4-11-9(10)13-8/h3-5H,2H2,1H3. The van der Waals surface area contributed by atoms with Gasteiger partial charge in [0.05, 0.1) is 11.1 Å². The Bertz CT molecular complexity index is 568. The van der Waals surface area contributed by atoms with Gasteiger partial charge in [-0.2, -0.15) is 5.10 Å². The normalized spacial score (nSPS) is 10.5. The zero-order valence-corrected chi connectivity index (χ0v) is 9.63. The van der Waals surface area contributed by atoms with Crippen LogP contribution in [0.5, 0.6) is 0 Å². The number of hydrogen-bond donors (Lipinski definition) is 0. The van der Waals surface area contributed by atoms with Crippen molar-refractivity contribution in [2.45, 2.75) is 13.5 Å². The zero-order chi connectivity index (χ0) is 12.4. The summed E-state index contributed by atoms with van der Waals surface area (Å²) < 4.78 is 1.65. The summed E-state index contributed by atoms with van der Waals surface area (Å²) in [5.74, 6) is 0. The maximum Gasteiger partial charge on any atom is 0.313 e. The van der Waals surface area contributed by atoms with Crippen LogP contribution in [0.1, 0.15) is 6.92 Å². The molecular formula is C9H8ClN5O2. The smallest absolute Gasteiger partial charge is 0.272 e. The summed E-state index contributed by atoms with van der Waals surface area (Å²) in [5, 5.41) is 14.8. The topological polar surface area (TPSA) is 86.7 Å². The molecule has 88 valence electrons. The lowest BCUT2D eigenvalue weighted by Crippen LogP contribution is -1.96. The third-order valence-corrected chi connectivity index (χ3v) is 2.35. The number of nitro groups is 1. The molecule has 7 nitrogen and oxygen atoms in total. The van der Waals surface area contributed by atoms with E-state index in [9.17, 15) is 10.1 Å². The first-order valence-electron chi connectivity index (χ1n) is 4.81. The Morgan fingerprint density at radius 3 is 2.88 bits per heavy atom. The average Bonchev–Trinajstić information content (AvgIpc) is 2.76. The molecule has 2 heterocycles. The number of nitrogens with zero attached hydrogens (tertiary/aromatic N) is 5. The molecule has 0 N–H and O–H groups in total. The number of hydrogen-bond acceptors (Lipinski definition) is 5.